The van der Waals surface area contributed by atoms with Crippen molar-refractivity contribution in [1.29, 1.82) is 0 Å². The summed E-state index contributed by atoms with van der Waals surface area (Å²) in [5, 5.41) is 19.3. The number of nitrogens with zero attached hydrogens (tertiary/aromatic N) is 5. The van der Waals surface area contributed by atoms with E-state index in [-0.39, 0.29) is 38.2 Å². The highest BCUT2D eigenvalue weighted by Gasteiger charge is 2.78. The molecule has 230 valence electrons. The van der Waals surface area contributed by atoms with Crippen LogP contribution in [0.15, 0.2) is 79.9 Å². The first kappa shape index (κ1) is 30.1. The van der Waals surface area contributed by atoms with E-state index < -0.39 is 39.4 Å². The van der Waals surface area contributed by atoms with Crippen molar-refractivity contribution in [2.45, 2.75) is 54.4 Å². The number of thioether (sulfide) groups is 1. The SMILES string of the molecule is C=CCOC(=O)[C@@H]1[C@H]2C(=O)N([C@@H](CO)Cc3ccccc3)C(C(=O)N(CC=C)Cn3nnc4ccccc43)C23CC[C@@]1(C)S3. The van der Waals surface area contributed by atoms with Gasteiger partial charge in [-0.25, -0.2) is 4.68 Å². The summed E-state index contributed by atoms with van der Waals surface area (Å²) >= 11 is 1.57. The van der Waals surface area contributed by atoms with Crippen molar-refractivity contribution in [3.63, 3.8) is 0 Å². The van der Waals surface area contributed by atoms with Crippen molar-refractivity contribution >= 4 is 40.6 Å². The second-order valence-electron chi connectivity index (χ2n) is 12.0. The number of carbonyl (C=O) groups is 3. The first-order valence-corrected chi connectivity index (χ1v) is 15.7. The number of aromatic nitrogens is 3. The van der Waals surface area contributed by atoms with Gasteiger partial charge in [-0.3, -0.25) is 14.4 Å². The molecule has 1 spiro atoms. The highest BCUT2D eigenvalue weighted by Crippen LogP contribution is 2.71. The summed E-state index contributed by atoms with van der Waals surface area (Å²) in [6, 6.07) is 15.5. The van der Waals surface area contributed by atoms with Crippen molar-refractivity contribution in [3.05, 3.63) is 85.5 Å². The van der Waals surface area contributed by atoms with Gasteiger partial charge in [0, 0.05) is 11.3 Å². The molecule has 2 aromatic carbocycles. The van der Waals surface area contributed by atoms with Gasteiger partial charge in [-0.1, -0.05) is 66.4 Å². The summed E-state index contributed by atoms with van der Waals surface area (Å²) in [4.78, 5) is 46.3. The smallest absolute Gasteiger partial charge is 0.311 e. The second kappa shape index (κ2) is 11.9. The first-order valence-electron chi connectivity index (χ1n) is 14.9. The molecule has 1 N–H and O–H groups in total. The van der Waals surface area contributed by atoms with Crippen molar-refractivity contribution in [1.82, 2.24) is 24.8 Å². The lowest BCUT2D eigenvalue weighted by Gasteiger charge is -2.39. The third kappa shape index (κ3) is 4.82. The fraction of sp³-hybridized carbons (Fsp3) is 0.424. The average molecular weight is 616 g/mol. The van der Waals surface area contributed by atoms with Crippen LogP contribution in [-0.2, 0) is 32.2 Å². The van der Waals surface area contributed by atoms with Crippen LogP contribution in [0.4, 0.5) is 0 Å². The normalized spacial score (nSPS) is 27.7. The third-order valence-electron chi connectivity index (χ3n) is 9.35. The van der Waals surface area contributed by atoms with E-state index in [4.69, 9.17) is 4.74 Å². The van der Waals surface area contributed by atoms with Crippen LogP contribution in [0.1, 0.15) is 25.3 Å². The van der Waals surface area contributed by atoms with E-state index >= 15 is 0 Å². The van der Waals surface area contributed by atoms with E-state index in [1.54, 1.807) is 32.3 Å². The van der Waals surface area contributed by atoms with Gasteiger partial charge in [0.05, 0.1) is 34.7 Å². The van der Waals surface area contributed by atoms with Crippen molar-refractivity contribution in [3.8, 4) is 0 Å². The lowest BCUT2D eigenvalue weighted by atomic mass is 9.66. The molecule has 10 nitrogen and oxygen atoms in total. The zero-order valence-corrected chi connectivity index (χ0v) is 25.6. The summed E-state index contributed by atoms with van der Waals surface area (Å²) in [5.74, 6) is -2.51. The highest BCUT2D eigenvalue weighted by atomic mass is 32.2. The van der Waals surface area contributed by atoms with Crippen molar-refractivity contribution in [2.24, 2.45) is 11.8 Å². The number of rotatable bonds is 12. The molecule has 0 radical (unpaired) electrons. The molecular formula is C33H37N5O5S. The van der Waals surface area contributed by atoms with E-state index in [9.17, 15) is 19.5 Å². The van der Waals surface area contributed by atoms with Crippen LogP contribution in [0.25, 0.3) is 11.0 Å². The predicted octanol–water partition coefficient (Wildman–Crippen LogP) is 3.22. The lowest BCUT2D eigenvalue weighted by molar-refractivity contribution is -0.155. The number of hydrogen-bond acceptors (Lipinski definition) is 8. The topological polar surface area (TPSA) is 118 Å². The van der Waals surface area contributed by atoms with Crippen LogP contribution in [0.5, 0.6) is 0 Å². The zero-order chi connectivity index (χ0) is 31.1. The molecule has 44 heavy (non-hydrogen) atoms. The molecule has 11 heteroatoms. The van der Waals surface area contributed by atoms with E-state index in [1.165, 1.54) is 6.08 Å². The summed E-state index contributed by atoms with van der Waals surface area (Å²) in [6.07, 6.45) is 4.76. The fourth-order valence-electron chi connectivity index (χ4n) is 7.49. The molecule has 2 bridgehead atoms. The molecule has 1 aromatic heterocycles. The van der Waals surface area contributed by atoms with Crippen molar-refractivity contribution in [2.75, 3.05) is 19.8 Å². The van der Waals surface area contributed by atoms with Gasteiger partial charge in [-0.2, -0.15) is 0 Å². The van der Waals surface area contributed by atoms with E-state index in [0.717, 1.165) is 11.1 Å². The maximum atomic E-state index is 14.9. The second-order valence-corrected chi connectivity index (χ2v) is 13.9. The molecule has 6 rings (SSSR count). The predicted molar refractivity (Wildman–Crippen MR) is 167 cm³/mol. The Morgan fingerprint density at radius 3 is 2.64 bits per heavy atom. The van der Waals surface area contributed by atoms with Crippen LogP contribution < -0.4 is 0 Å². The molecule has 3 fully saturated rings. The number of aliphatic hydroxyl groups is 1. The number of likely N-dealkylation sites (tertiary alicyclic amines) is 1. The number of ether oxygens (including phenoxy) is 1. The minimum absolute atomic E-state index is 0.0440. The molecular weight excluding hydrogens is 578 g/mol. The van der Waals surface area contributed by atoms with E-state index in [1.807, 2.05) is 61.5 Å². The fourth-order valence-corrected chi connectivity index (χ4v) is 9.82. The third-order valence-corrected chi connectivity index (χ3v) is 11.3. The molecule has 3 aliphatic rings. The molecule has 0 saturated carbocycles. The summed E-state index contributed by atoms with van der Waals surface area (Å²) in [5.41, 5.74) is 2.41. The Bertz CT molecular complexity index is 1600. The van der Waals surface area contributed by atoms with E-state index in [2.05, 4.69) is 23.5 Å². The number of carbonyl (C=O) groups excluding carboxylic acids is 3. The monoisotopic (exact) mass is 615 g/mol. The Morgan fingerprint density at radius 1 is 1.16 bits per heavy atom. The number of amides is 2. The average Bonchev–Trinajstić information content (AvgIpc) is 3.74. The Balaban J connectivity index is 1.43. The van der Waals surface area contributed by atoms with Crippen LogP contribution in [0.3, 0.4) is 0 Å². The number of fused-ring (bicyclic) bond motifs is 2. The Morgan fingerprint density at radius 2 is 1.91 bits per heavy atom. The Labute approximate surface area is 260 Å². The first-order chi connectivity index (χ1) is 21.3. The van der Waals surface area contributed by atoms with Crippen molar-refractivity contribution < 1.29 is 24.2 Å². The van der Waals surface area contributed by atoms with Gasteiger partial charge >= 0.3 is 5.97 Å². The maximum absolute atomic E-state index is 14.9. The minimum atomic E-state index is -0.917. The van der Waals surface area contributed by atoms with Crippen LogP contribution in [0, 0.1) is 11.8 Å². The zero-order valence-electron chi connectivity index (χ0n) is 24.7. The lowest BCUT2D eigenvalue weighted by Crippen LogP contribution is -2.58. The molecule has 0 aliphatic carbocycles. The number of hydrogen-bond donors (Lipinski definition) is 1. The molecule has 6 atom stereocenters. The Hall–Kier alpha value is -3.96. The molecule has 4 heterocycles. The van der Waals surface area contributed by atoms with Gasteiger partial charge in [0.2, 0.25) is 11.8 Å². The van der Waals surface area contributed by atoms with Gasteiger partial charge < -0.3 is 19.6 Å². The number of esters is 1. The number of aliphatic hydroxyl groups excluding tert-OH is 1. The minimum Gasteiger partial charge on any atom is -0.461 e. The van der Waals surface area contributed by atoms with Gasteiger partial charge in [-0.05, 0) is 43.9 Å². The largest absolute Gasteiger partial charge is 0.461 e. The van der Waals surface area contributed by atoms with E-state index in [0.29, 0.717) is 24.8 Å². The molecule has 3 saturated heterocycles. The Kier molecular flexibility index (Phi) is 8.10. The van der Waals surface area contributed by atoms with Crippen LogP contribution >= 0.6 is 11.8 Å². The standard InChI is InChI=1S/C33H37N5O5S/c1-4-17-36(21-37-25-14-10-9-13-24(25)34-35-37)30(41)28-33-16-15-32(3,44-33)27(31(42)43-18-5-2)26(33)29(40)38(28)23(20-39)19-22-11-7-6-8-12-22/h4-14,23,26-28,39H,1-2,15-21H2,3H3/t23-,26+,27+,28?,32-,33?/m1/s1. The summed E-state index contributed by atoms with van der Waals surface area (Å²) in [7, 11) is 0. The van der Waals surface area contributed by atoms with Gasteiger partial charge in [-0.15, -0.1) is 23.4 Å². The van der Waals surface area contributed by atoms with Gasteiger partial charge in [0.25, 0.3) is 0 Å². The van der Waals surface area contributed by atoms with Crippen LogP contribution in [-0.4, -0.2) is 89.0 Å². The highest BCUT2D eigenvalue weighted by molar-refractivity contribution is 8.02. The molecule has 3 aromatic rings. The molecule has 2 amide bonds. The number of para-hydroxylation sites is 1. The summed E-state index contributed by atoms with van der Waals surface area (Å²) in [6.45, 7) is 9.57. The maximum Gasteiger partial charge on any atom is 0.311 e. The van der Waals surface area contributed by atoms with Gasteiger partial charge in [0.15, 0.2) is 0 Å². The quantitative estimate of drug-likeness (QED) is 0.244. The summed E-state index contributed by atoms with van der Waals surface area (Å²) < 4.78 is 5.77. The van der Waals surface area contributed by atoms with Gasteiger partial charge in [0.1, 0.15) is 24.8 Å². The molecule has 2 unspecified atom stereocenters. The number of benzene rings is 2. The molecule has 3 aliphatic heterocycles. The van der Waals surface area contributed by atoms with Crippen LogP contribution in [0.2, 0.25) is 0 Å².